The summed E-state index contributed by atoms with van der Waals surface area (Å²) in [5, 5.41) is 1.19. The van der Waals surface area contributed by atoms with Gasteiger partial charge in [0.15, 0.2) is 0 Å². The molecule has 140 valence electrons. The molecule has 2 aromatic rings. The van der Waals surface area contributed by atoms with Crippen LogP contribution >= 0.6 is 0 Å². The Kier molecular flexibility index (Phi) is 5.00. The van der Waals surface area contributed by atoms with Crippen LogP contribution in [0.4, 0.5) is 0 Å². The number of piperazine rings is 1. The minimum atomic E-state index is 0.171. The zero-order valence-electron chi connectivity index (χ0n) is 16.0. The van der Waals surface area contributed by atoms with Crippen LogP contribution in [0.1, 0.15) is 23.2 Å². The number of hydrogen-bond donors (Lipinski definition) is 0. The van der Waals surface area contributed by atoms with E-state index < -0.39 is 0 Å². The van der Waals surface area contributed by atoms with Crippen molar-refractivity contribution >= 4 is 16.8 Å². The number of carbonyl (C=O) groups excluding carboxylic acids is 1. The molecule has 5 nitrogen and oxygen atoms in total. The second-order valence-electron chi connectivity index (χ2n) is 8.06. The lowest BCUT2D eigenvalue weighted by Crippen LogP contribution is -2.50. The van der Waals surface area contributed by atoms with Gasteiger partial charge in [0.1, 0.15) is 0 Å². The first-order valence-electron chi connectivity index (χ1n) is 9.85. The van der Waals surface area contributed by atoms with Crippen LogP contribution in [0.3, 0.4) is 0 Å². The number of carbonyl (C=O) groups is 1. The molecule has 1 aromatic heterocycles. The average molecular weight is 354 g/mol. The Bertz CT molecular complexity index is 775. The Morgan fingerprint density at radius 3 is 2.65 bits per heavy atom. The van der Waals surface area contributed by atoms with Gasteiger partial charge >= 0.3 is 0 Å². The highest BCUT2D eigenvalue weighted by Crippen LogP contribution is 2.20. The Morgan fingerprint density at radius 2 is 1.88 bits per heavy atom. The largest absolute Gasteiger partial charge is 0.351 e. The minimum Gasteiger partial charge on any atom is -0.351 e. The van der Waals surface area contributed by atoms with E-state index in [1.807, 2.05) is 30.3 Å². The van der Waals surface area contributed by atoms with Crippen molar-refractivity contribution in [3.05, 3.63) is 36.0 Å². The maximum atomic E-state index is 12.9. The molecule has 0 radical (unpaired) electrons. The maximum Gasteiger partial charge on any atom is 0.254 e. The van der Waals surface area contributed by atoms with Crippen LogP contribution in [-0.2, 0) is 7.05 Å². The summed E-state index contributed by atoms with van der Waals surface area (Å²) < 4.78 is 2.07. The zero-order valence-corrected chi connectivity index (χ0v) is 16.0. The molecular formula is C21H30N4O. The van der Waals surface area contributed by atoms with Crippen molar-refractivity contribution in [3.8, 4) is 0 Å². The fraction of sp³-hybridized carbons (Fsp3) is 0.571. The second kappa shape index (κ2) is 7.41. The molecule has 1 aromatic carbocycles. The molecule has 0 aliphatic carbocycles. The first kappa shape index (κ1) is 17.6. The topological polar surface area (TPSA) is 31.7 Å². The first-order valence-corrected chi connectivity index (χ1v) is 9.85. The number of hydrogen-bond acceptors (Lipinski definition) is 3. The average Bonchev–Trinajstić information content (AvgIpc) is 3.02. The van der Waals surface area contributed by atoms with E-state index in [4.69, 9.17) is 0 Å². The van der Waals surface area contributed by atoms with Crippen LogP contribution in [0.15, 0.2) is 30.5 Å². The Morgan fingerprint density at radius 1 is 1.08 bits per heavy atom. The molecule has 3 heterocycles. The van der Waals surface area contributed by atoms with Gasteiger partial charge < -0.3 is 14.4 Å². The number of aryl methyl sites for hydroxylation is 1. The van der Waals surface area contributed by atoms with Crippen LogP contribution in [0, 0.1) is 5.92 Å². The number of aromatic nitrogens is 1. The molecule has 0 N–H and O–H groups in total. The highest BCUT2D eigenvalue weighted by Gasteiger charge is 2.25. The molecule has 4 rings (SSSR count). The molecule has 0 spiro atoms. The third-order valence-corrected chi connectivity index (χ3v) is 6.03. The predicted octanol–water partition coefficient (Wildman–Crippen LogP) is 2.28. The number of amides is 1. The van der Waals surface area contributed by atoms with Crippen molar-refractivity contribution in [1.82, 2.24) is 19.3 Å². The molecule has 2 saturated heterocycles. The van der Waals surface area contributed by atoms with E-state index in [-0.39, 0.29) is 5.91 Å². The fourth-order valence-electron chi connectivity index (χ4n) is 4.50. The molecular weight excluding hydrogens is 324 g/mol. The lowest BCUT2D eigenvalue weighted by molar-refractivity contribution is 0.0588. The van der Waals surface area contributed by atoms with Crippen molar-refractivity contribution < 1.29 is 4.79 Å². The summed E-state index contributed by atoms with van der Waals surface area (Å²) in [6.07, 6.45) is 4.71. The molecule has 1 amide bonds. The van der Waals surface area contributed by atoms with Gasteiger partial charge in [-0.2, -0.15) is 0 Å². The van der Waals surface area contributed by atoms with Crippen LogP contribution in [0.5, 0.6) is 0 Å². The van der Waals surface area contributed by atoms with Crippen molar-refractivity contribution in [2.24, 2.45) is 13.0 Å². The van der Waals surface area contributed by atoms with Gasteiger partial charge in [0.25, 0.3) is 5.91 Å². The van der Waals surface area contributed by atoms with Gasteiger partial charge in [0.05, 0.1) is 0 Å². The molecule has 0 bridgehead atoms. The smallest absolute Gasteiger partial charge is 0.254 e. The van der Waals surface area contributed by atoms with E-state index in [1.54, 1.807) is 0 Å². The fourth-order valence-corrected chi connectivity index (χ4v) is 4.50. The van der Waals surface area contributed by atoms with E-state index in [1.165, 1.54) is 37.9 Å². The minimum absolute atomic E-state index is 0.171. The van der Waals surface area contributed by atoms with Gasteiger partial charge in [-0.15, -0.1) is 0 Å². The standard InChI is InChI=1S/C21H30N4O/c1-22-8-3-4-17(15-22)16-24-10-12-25(13-11-24)21(26)19-6-5-18-7-9-23(2)20(18)14-19/h5-7,9,14,17H,3-4,8,10-13,15-16H2,1-2H3. The van der Waals surface area contributed by atoms with Gasteiger partial charge in [-0.1, -0.05) is 6.07 Å². The third kappa shape index (κ3) is 3.64. The van der Waals surface area contributed by atoms with E-state index in [0.717, 1.165) is 43.2 Å². The van der Waals surface area contributed by atoms with Crippen molar-refractivity contribution in [2.75, 3.05) is 52.9 Å². The predicted molar refractivity (Wildman–Crippen MR) is 105 cm³/mol. The highest BCUT2D eigenvalue weighted by molar-refractivity contribution is 5.98. The number of likely N-dealkylation sites (tertiary alicyclic amines) is 1. The zero-order chi connectivity index (χ0) is 18.1. The third-order valence-electron chi connectivity index (χ3n) is 6.03. The van der Waals surface area contributed by atoms with Gasteiger partial charge in [0.2, 0.25) is 0 Å². The molecule has 5 heteroatoms. The monoisotopic (exact) mass is 354 g/mol. The van der Waals surface area contributed by atoms with E-state index in [2.05, 4.69) is 33.5 Å². The van der Waals surface area contributed by atoms with Crippen LogP contribution in [0.2, 0.25) is 0 Å². The molecule has 2 aliphatic rings. The number of fused-ring (bicyclic) bond motifs is 1. The first-order chi connectivity index (χ1) is 12.6. The van der Waals surface area contributed by atoms with E-state index >= 15 is 0 Å². The quantitative estimate of drug-likeness (QED) is 0.848. The molecule has 2 aliphatic heterocycles. The summed E-state index contributed by atoms with van der Waals surface area (Å²) in [7, 11) is 4.25. The van der Waals surface area contributed by atoms with Crippen LogP contribution in [0.25, 0.3) is 10.9 Å². The second-order valence-corrected chi connectivity index (χ2v) is 8.06. The van der Waals surface area contributed by atoms with Crippen LogP contribution < -0.4 is 0 Å². The summed E-state index contributed by atoms with van der Waals surface area (Å²) in [4.78, 5) is 19.9. The number of nitrogens with zero attached hydrogens (tertiary/aromatic N) is 4. The van der Waals surface area contributed by atoms with Crippen LogP contribution in [-0.4, -0.2) is 78.0 Å². The summed E-state index contributed by atoms with van der Waals surface area (Å²) in [6.45, 7) is 7.32. The summed E-state index contributed by atoms with van der Waals surface area (Å²) in [5.74, 6) is 0.959. The lowest BCUT2D eigenvalue weighted by atomic mass is 9.97. The Balaban J connectivity index is 1.34. The van der Waals surface area contributed by atoms with E-state index in [0.29, 0.717) is 0 Å². The normalized spacial score (nSPS) is 22.8. The molecule has 1 atom stereocenters. The number of rotatable bonds is 3. The lowest BCUT2D eigenvalue weighted by Gasteiger charge is -2.38. The van der Waals surface area contributed by atoms with Gasteiger partial charge in [0, 0.05) is 63.6 Å². The number of benzene rings is 1. The van der Waals surface area contributed by atoms with E-state index in [9.17, 15) is 4.79 Å². The Hall–Kier alpha value is -1.85. The molecule has 0 saturated carbocycles. The SMILES string of the molecule is CN1CCCC(CN2CCN(C(=O)c3ccc4ccn(C)c4c3)CC2)C1. The van der Waals surface area contributed by atoms with Gasteiger partial charge in [-0.3, -0.25) is 9.69 Å². The Labute approximate surface area is 156 Å². The van der Waals surface area contributed by atoms with Gasteiger partial charge in [-0.25, -0.2) is 0 Å². The summed E-state index contributed by atoms with van der Waals surface area (Å²) in [6, 6.07) is 8.14. The summed E-state index contributed by atoms with van der Waals surface area (Å²) in [5.41, 5.74) is 1.93. The van der Waals surface area contributed by atoms with Crippen molar-refractivity contribution in [1.29, 1.82) is 0 Å². The highest BCUT2D eigenvalue weighted by atomic mass is 16.2. The van der Waals surface area contributed by atoms with Crippen molar-refractivity contribution in [2.45, 2.75) is 12.8 Å². The van der Waals surface area contributed by atoms with Gasteiger partial charge in [-0.05, 0) is 55.9 Å². The molecule has 1 unspecified atom stereocenters. The van der Waals surface area contributed by atoms with Crippen molar-refractivity contribution in [3.63, 3.8) is 0 Å². The molecule has 2 fully saturated rings. The summed E-state index contributed by atoms with van der Waals surface area (Å²) >= 11 is 0. The maximum absolute atomic E-state index is 12.9. The number of piperidine rings is 1. The molecule has 26 heavy (non-hydrogen) atoms.